The predicted molar refractivity (Wildman–Crippen MR) is 68.5 cm³/mol. The minimum atomic E-state index is 0.326. The first kappa shape index (κ1) is 12.0. The molecule has 2 rings (SSSR count). The van der Waals surface area contributed by atoms with Crippen LogP contribution in [0.5, 0.6) is 11.5 Å². The SMILES string of the molecule is CC(CCN)CCNc1ccc2c(c1)OCO2. The van der Waals surface area contributed by atoms with Gasteiger partial charge in [0.05, 0.1) is 0 Å². The van der Waals surface area contributed by atoms with Crippen molar-refractivity contribution in [1.29, 1.82) is 0 Å². The average Bonchev–Trinajstić information content (AvgIpc) is 2.76. The molecule has 0 amide bonds. The Hall–Kier alpha value is -1.42. The van der Waals surface area contributed by atoms with Crippen molar-refractivity contribution in [3.05, 3.63) is 18.2 Å². The Labute approximate surface area is 102 Å². The van der Waals surface area contributed by atoms with E-state index in [2.05, 4.69) is 12.2 Å². The number of benzene rings is 1. The number of nitrogens with two attached hydrogens (primary N) is 1. The van der Waals surface area contributed by atoms with E-state index in [9.17, 15) is 0 Å². The molecule has 0 fully saturated rings. The van der Waals surface area contributed by atoms with Crippen molar-refractivity contribution in [3.63, 3.8) is 0 Å². The van der Waals surface area contributed by atoms with Crippen molar-refractivity contribution >= 4 is 5.69 Å². The lowest BCUT2D eigenvalue weighted by molar-refractivity contribution is 0.174. The number of ether oxygens (including phenoxy) is 2. The van der Waals surface area contributed by atoms with Gasteiger partial charge in [0.25, 0.3) is 0 Å². The Kier molecular flexibility index (Phi) is 4.09. The molecule has 1 heterocycles. The zero-order valence-electron chi connectivity index (χ0n) is 10.2. The zero-order chi connectivity index (χ0) is 12.1. The molecule has 0 spiro atoms. The summed E-state index contributed by atoms with van der Waals surface area (Å²) >= 11 is 0. The highest BCUT2D eigenvalue weighted by molar-refractivity contribution is 5.55. The molecule has 94 valence electrons. The van der Waals surface area contributed by atoms with Crippen LogP contribution in [0.3, 0.4) is 0 Å². The molecule has 0 radical (unpaired) electrons. The molecular weight excluding hydrogens is 216 g/mol. The Bertz CT molecular complexity index is 368. The monoisotopic (exact) mass is 236 g/mol. The summed E-state index contributed by atoms with van der Waals surface area (Å²) in [6.45, 7) is 4.28. The lowest BCUT2D eigenvalue weighted by atomic mass is 10.0. The third kappa shape index (κ3) is 3.27. The van der Waals surface area contributed by atoms with Crippen molar-refractivity contribution in [2.75, 3.05) is 25.2 Å². The molecule has 1 aromatic rings. The predicted octanol–water partition coefficient (Wildman–Crippen LogP) is 2.20. The van der Waals surface area contributed by atoms with Crippen LogP contribution in [0.1, 0.15) is 19.8 Å². The van der Waals surface area contributed by atoms with Gasteiger partial charge in [0.1, 0.15) is 0 Å². The van der Waals surface area contributed by atoms with Crippen LogP contribution >= 0.6 is 0 Å². The molecule has 3 N–H and O–H groups in total. The van der Waals surface area contributed by atoms with Crippen molar-refractivity contribution in [3.8, 4) is 11.5 Å². The van der Waals surface area contributed by atoms with Gasteiger partial charge in [0.2, 0.25) is 6.79 Å². The van der Waals surface area contributed by atoms with Crippen LogP contribution in [0.25, 0.3) is 0 Å². The van der Waals surface area contributed by atoms with Gasteiger partial charge < -0.3 is 20.5 Å². The largest absolute Gasteiger partial charge is 0.454 e. The van der Waals surface area contributed by atoms with Gasteiger partial charge in [0, 0.05) is 18.3 Å². The van der Waals surface area contributed by atoms with Gasteiger partial charge in [-0.2, -0.15) is 0 Å². The van der Waals surface area contributed by atoms with Gasteiger partial charge in [-0.1, -0.05) is 6.92 Å². The molecule has 0 aromatic heterocycles. The molecule has 1 aliphatic rings. The third-order valence-corrected chi connectivity index (χ3v) is 3.00. The smallest absolute Gasteiger partial charge is 0.231 e. The van der Waals surface area contributed by atoms with Crippen LogP contribution in [0, 0.1) is 5.92 Å². The normalized spacial score (nSPS) is 14.7. The fourth-order valence-electron chi connectivity index (χ4n) is 1.90. The second-order valence-corrected chi connectivity index (χ2v) is 4.47. The van der Waals surface area contributed by atoms with E-state index in [1.807, 2.05) is 18.2 Å². The van der Waals surface area contributed by atoms with Crippen molar-refractivity contribution in [2.24, 2.45) is 11.7 Å². The molecule has 1 aliphatic heterocycles. The second kappa shape index (κ2) is 5.77. The van der Waals surface area contributed by atoms with E-state index in [4.69, 9.17) is 15.2 Å². The summed E-state index contributed by atoms with van der Waals surface area (Å²) in [6, 6.07) is 5.94. The minimum absolute atomic E-state index is 0.326. The Morgan fingerprint density at radius 1 is 1.29 bits per heavy atom. The van der Waals surface area contributed by atoms with Gasteiger partial charge in [-0.25, -0.2) is 0 Å². The first-order chi connectivity index (χ1) is 8.29. The summed E-state index contributed by atoms with van der Waals surface area (Å²) in [4.78, 5) is 0. The number of anilines is 1. The Morgan fingerprint density at radius 2 is 2.12 bits per heavy atom. The highest BCUT2D eigenvalue weighted by Gasteiger charge is 2.12. The molecule has 17 heavy (non-hydrogen) atoms. The van der Waals surface area contributed by atoms with Crippen LogP contribution in [-0.4, -0.2) is 19.9 Å². The van der Waals surface area contributed by atoms with E-state index >= 15 is 0 Å². The molecule has 0 bridgehead atoms. The first-order valence-corrected chi connectivity index (χ1v) is 6.13. The van der Waals surface area contributed by atoms with Crippen molar-refractivity contribution < 1.29 is 9.47 Å². The number of rotatable bonds is 6. The summed E-state index contributed by atoms with van der Waals surface area (Å²) in [7, 11) is 0. The zero-order valence-corrected chi connectivity index (χ0v) is 10.2. The van der Waals surface area contributed by atoms with E-state index in [1.54, 1.807) is 0 Å². The molecule has 1 unspecified atom stereocenters. The van der Waals surface area contributed by atoms with Gasteiger partial charge in [-0.3, -0.25) is 0 Å². The number of hydrogen-bond donors (Lipinski definition) is 2. The maximum absolute atomic E-state index is 5.52. The molecular formula is C13H20N2O2. The summed E-state index contributed by atoms with van der Waals surface area (Å²) < 4.78 is 10.6. The number of hydrogen-bond acceptors (Lipinski definition) is 4. The lowest BCUT2D eigenvalue weighted by Gasteiger charge is -2.11. The van der Waals surface area contributed by atoms with Crippen LogP contribution in [0.2, 0.25) is 0 Å². The highest BCUT2D eigenvalue weighted by atomic mass is 16.7. The molecule has 4 nitrogen and oxygen atoms in total. The molecule has 0 saturated heterocycles. The third-order valence-electron chi connectivity index (χ3n) is 3.00. The fourth-order valence-corrected chi connectivity index (χ4v) is 1.90. The van der Waals surface area contributed by atoms with Crippen LogP contribution in [0.15, 0.2) is 18.2 Å². The topological polar surface area (TPSA) is 56.5 Å². The van der Waals surface area contributed by atoms with Crippen molar-refractivity contribution in [1.82, 2.24) is 0 Å². The highest BCUT2D eigenvalue weighted by Crippen LogP contribution is 2.34. The van der Waals surface area contributed by atoms with Gasteiger partial charge in [0.15, 0.2) is 11.5 Å². The fraction of sp³-hybridized carbons (Fsp3) is 0.538. The van der Waals surface area contributed by atoms with E-state index in [-0.39, 0.29) is 0 Å². The van der Waals surface area contributed by atoms with Gasteiger partial charge >= 0.3 is 0 Å². The van der Waals surface area contributed by atoms with Crippen LogP contribution in [-0.2, 0) is 0 Å². The quantitative estimate of drug-likeness (QED) is 0.795. The molecule has 0 saturated carbocycles. The average molecular weight is 236 g/mol. The maximum Gasteiger partial charge on any atom is 0.231 e. The Balaban J connectivity index is 1.79. The summed E-state index contributed by atoms with van der Waals surface area (Å²) in [5.41, 5.74) is 6.60. The summed E-state index contributed by atoms with van der Waals surface area (Å²) in [5, 5.41) is 3.39. The number of nitrogens with one attached hydrogen (secondary N) is 1. The summed E-state index contributed by atoms with van der Waals surface area (Å²) in [6.07, 6.45) is 2.22. The van der Waals surface area contributed by atoms with Crippen molar-refractivity contribution in [2.45, 2.75) is 19.8 Å². The van der Waals surface area contributed by atoms with Gasteiger partial charge in [-0.15, -0.1) is 0 Å². The van der Waals surface area contributed by atoms with E-state index < -0.39 is 0 Å². The molecule has 1 atom stereocenters. The van der Waals surface area contributed by atoms with Crippen LogP contribution < -0.4 is 20.5 Å². The van der Waals surface area contributed by atoms with E-state index in [1.165, 1.54) is 0 Å². The van der Waals surface area contributed by atoms with E-state index in [0.29, 0.717) is 12.7 Å². The molecule has 1 aromatic carbocycles. The lowest BCUT2D eigenvalue weighted by Crippen LogP contribution is -2.10. The van der Waals surface area contributed by atoms with E-state index in [0.717, 1.165) is 43.1 Å². The maximum atomic E-state index is 5.52. The summed E-state index contributed by atoms with van der Waals surface area (Å²) in [5.74, 6) is 2.32. The standard InChI is InChI=1S/C13H20N2O2/c1-10(4-6-14)5-7-15-11-2-3-12-13(8-11)17-9-16-12/h2-3,8,10,15H,4-7,9,14H2,1H3. The van der Waals surface area contributed by atoms with Gasteiger partial charge in [-0.05, 0) is 37.4 Å². The van der Waals surface area contributed by atoms with Crippen LogP contribution in [0.4, 0.5) is 5.69 Å². The Morgan fingerprint density at radius 3 is 2.94 bits per heavy atom. The number of fused-ring (bicyclic) bond motifs is 1. The second-order valence-electron chi connectivity index (χ2n) is 4.47. The minimum Gasteiger partial charge on any atom is -0.454 e. The molecule has 0 aliphatic carbocycles. The molecule has 4 heteroatoms. The first-order valence-electron chi connectivity index (χ1n) is 6.13.